The molecule has 2 rings (SSSR count). The van der Waals surface area contributed by atoms with Crippen LogP contribution in [-0.2, 0) is 4.74 Å². The highest BCUT2D eigenvalue weighted by atomic mass is 16.6. The average Bonchev–Trinajstić information content (AvgIpc) is 2.67. The molecule has 2 aliphatic heterocycles. The van der Waals surface area contributed by atoms with E-state index in [1.807, 2.05) is 0 Å². The van der Waals surface area contributed by atoms with E-state index in [1.165, 1.54) is 4.90 Å². The fourth-order valence-corrected chi connectivity index (χ4v) is 2.24. The number of hydrogen-bond acceptors (Lipinski definition) is 6. The molecule has 2 saturated heterocycles. The van der Waals surface area contributed by atoms with Crippen LogP contribution in [-0.4, -0.2) is 82.2 Å². The zero-order chi connectivity index (χ0) is 13.3. The highest BCUT2D eigenvalue weighted by Crippen LogP contribution is 2.25. The van der Waals surface area contributed by atoms with Gasteiger partial charge in [0.15, 0.2) is 6.23 Å². The van der Waals surface area contributed by atoms with E-state index in [4.69, 9.17) is 14.9 Å². The van der Waals surface area contributed by atoms with Crippen LogP contribution >= 0.6 is 0 Å². The quantitative estimate of drug-likeness (QED) is 0.371. The molecule has 5 N–H and O–H groups in total. The van der Waals surface area contributed by atoms with Gasteiger partial charge in [-0.1, -0.05) is 0 Å². The van der Waals surface area contributed by atoms with Gasteiger partial charge in [-0.2, -0.15) is 0 Å². The van der Waals surface area contributed by atoms with Gasteiger partial charge in [-0.3, -0.25) is 4.90 Å². The van der Waals surface area contributed by atoms with Crippen molar-refractivity contribution in [2.24, 2.45) is 5.92 Å². The molecule has 8 heteroatoms. The van der Waals surface area contributed by atoms with Crippen LogP contribution in [0.25, 0.3) is 0 Å². The first-order valence-corrected chi connectivity index (χ1v) is 5.86. The maximum atomic E-state index is 11.7. The second-order valence-electron chi connectivity index (χ2n) is 4.62. The number of carbonyl (C=O) groups is 1. The number of nitrogens with one attached hydrogen (secondary N) is 1. The third-order valence-corrected chi connectivity index (χ3v) is 3.34. The lowest BCUT2D eigenvalue weighted by Gasteiger charge is -2.37. The topological polar surface area (TPSA) is 122 Å². The summed E-state index contributed by atoms with van der Waals surface area (Å²) in [7, 11) is 0. The second kappa shape index (κ2) is 5.37. The number of ether oxygens (including phenoxy) is 1. The Kier molecular flexibility index (Phi) is 4.03. The van der Waals surface area contributed by atoms with E-state index in [0.29, 0.717) is 6.54 Å². The van der Waals surface area contributed by atoms with Gasteiger partial charge in [0.05, 0.1) is 6.61 Å². The zero-order valence-electron chi connectivity index (χ0n) is 9.77. The first-order valence-electron chi connectivity index (χ1n) is 5.86. The Morgan fingerprint density at radius 1 is 1.28 bits per heavy atom. The SMILES string of the molecule is O=C1NCC(CO)CN1[C@@H]1O[C@H](CO)[C@@H](O)[C@@H]1O. The molecule has 0 aromatic rings. The predicted molar refractivity (Wildman–Crippen MR) is 58.4 cm³/mol. The minimum Gasteiger partial charge on any atom is -0.396 e. The molecule has 2 amide bonds. The van der Waals surface area contributed by atoms with Gasteiger partial charge < -0.3 is 30.5 Å². The first kappa shape index (κ1) is 13.5. The van der Waals surface area contributed by atoms with Crippen LogP contribution in [0, 0.1) is 5.92 Å². The van der Waals surface area contributed by atoms with E-state index in [-0.39, 0.29) is 19.1 Å². The first-order chi connectivity index (χ1) is 8.58. The van der Waals surface area contributed by atoms with Gasteiger partial charge >= 0.3 is 6.03 Å². The van der Waals surface area contributed by atoms with Crippen LogP contribution in [0.2, 0.25) is 0 Å². The molecular weight excluding hydrogens is 244 g/mol. The van der Waals surface area contributed by atoms with Crippen LogP contribution in [0.3, 0.4) is 0 Å². The molecule has 18 heavy (non-hydrogen) atoms. The fraction of sp³-hybridized carbons (Fsp3) is 0.900. The molecule has 8 nitrogen and oxygen atoms in total. The summed E-state index contributed by atoms with van der Waals surface area (Å²) in [6.45, 7) is 0.0642. The van der Waals surface area contributed by atoms with Crippen LogP contribution in [0.1, 0.15) is 0 Å². The largest absolute Gasteiger partial charge is 0.396 e. The van der Waals surface area contributed by atoms with Crippen molar-refractivity contribution in [3.05, 3.63) is 0 Å². The molecule has 0 aliphatic carbocycles. The minimum absolute atomic E-state index is 0.0917. The summed E-state index contributed by atoms with van der Waals surface area (Å²) in [5, 5.41) is 40.1. The summed E-state index contributed by atoms with van der Waals surface area (Å²) in [6.07, 6.45) is -4.42. The summed E-state index contributed by atoms with van der Waals surface area (Å²) in [4.78, 5) is 12.9. The molecule has 104 valence electrons. The summed E-state index contributed by atoms with van der Waals surface area (Å²) >= 11 is 0. The highest BCUT2D eigenvalue weighted by Gasteiger charge is 2.47. The molecule has 1 unspecified atom stereocenters. The normalized spacial score (nSPS) is 41.0. The molecule has 0 spiro atoms. The molecule has 2 heterocycles. The van der Waals surface area contributed by atoms with Crippen LogP contribution < -0.4 is 5.32 Å². The van der Waals surface area contributed by atoms with Gasteiger partial charge in [0.1, 0.15) is 18.3 Å². The molecule has 2 aliphatic rings. The molecule has 2 fully saturated rings. The third-order valence-electron chi connectivity index (χ3n) is 3.34. The maximum absolute atomic E-state index is 11.7. The lowest BCUT2D eigenvalue weighted by molar-refractivity contribution is -0.0882. The summed E-state index contributed by atoms with van der Waals surface area (Å²) < 4.78 is 5.27. The monoisotopic (exact) mass is 262 g/mol. The Bertz CT molecular complexity index is 315. The van der Waals surface area contributed by atoms with Crippen molar-refractivity contribution in [3.63, 3.8) is 0 Å². The number of aliphatic hydroxyl groups excluding tert-OH is 4. The number of urea groups is 1. The average molecular weight is 262 g/mol. The van der Waals surface area contributed by atoms with Gasteiger partial charge in [-0.25, -0.2) is 4.79 Å². The second-order valence-corrected chi connectivity index (χ2v) is 4.62. The smallest absolute Gasteiger partial charge is 0.319 e. The van der Waals surface area contributed by atoms with E-state index in [1.54, 1.807) is 0 Å². The Labute approximate surface area is 104 Å². The molecule has 0 aromatic carbocycles. The van der Waals surface area contributed by atoms with E-state index >= 15 is 0 Å². The predicted octanol–water partition coefficient (Wildman–Crippen LogP) is -2.94. The van der Waals surface area contributed by atoms with Crippen molar-refractivity contribution in [1.82, 2.24) is 10.2 Å². The summed E-state index contributed by atoms with van der Waals surface area (Å²) in [5.41, 5.74) is 0. The maximum Gasteiger partial charge on any atom is 0.319 e. The Hall–Kier alpha value is -0.930. The Morgan fingerprint density at radius 2 is 2.00 bits per heavy atom. The lowest BCUT2D eigenvalue weighted by atomic mass is 10.1. The van der Waals surface area contributed by atoms with Crippen LogP contribution in [0.5, 0.6) is 0 Å². The number of amides is 2. The van der Waals surface area contributed by atoms with Gasteiger partial charge in [0.25, 0.3) is 0 Å². The van der Waals surface area contributed by atoms with Crippen molar-refractivity contribution in [1.29, 1.82) is 0 Å². The zero-order valence-corrected chi connectivity index (χ0v) is 9.77. The number of aliphatic hydroxyl groups is 4. The Morgan fingerprint density at radius 3 is 2.56 bits per heavy atom. The van der Waals surface area contributed by atoms with Crippen LogP contribution in [0.4, 0.5) is 4.79 Å². The molecule has 5 atom stereocenters. The minimum atomic E-state index is -1.27. The molecular formula is C10H18N2O6. The number of carbonyl (C=O) groups excluding carboxylic acids is 1. The van der Waals surface area contributed by atoms with Crippen molar-refractivity contribution in [2.45, 2.75) is 24.5 Å². The number of hydrogen-bond donors (Lipinski definition) is 5. The van der Waals surface area contributed by atoms with Crippen molar-refractivity contribution in [3.8, 4) is 0 Å². The molecule has 0 bridgehead atoms. The third kappa shape index (κ3) is 2.29. The van der Waals surface area contributed by atoms with E-state index in [0.717, 1.165) is 0 Å². The number of rotatable bonds is 3. The molecule has 0 aromatic heterocycles. The van der Waals surface area contributed by atoms with Crippen molar-refractivity contribution >= 4 is 6.03 Å². The Balaban J connectivity index is 2.08. The van der Waals surface area contributed by atoms with Gasteiger partial charge in [-0.05, 0) is 0 Å². The van der Waals surface area contributed by atoms with Gasteiger partial charge in [0.2, 0.25) is 0 Å². The number of nitrogens with zero attached hydrogens (tertiary/aromatic N) is 1. The standard InChI is InChI=1S/C10H18N2O6/c13-3-5-1-11-10(17)12(2-5)9-8(16)7(15)6(4-14)18-9/h5-9,13-16H,1-4H2,(H,11,17)/t5?,6-,7-,8+,9-/m1/s1. The van der Waals surface area contributed by atoms with E-state index < -0.39 is 37.2 Å². The van der Waals surface area contributed by atoms with Crippen molar-refractivity contribution < 1.29 is 30.0 Å². The fourth-order valence-electron chi connectivity index (χ4n) is 2.24. The van der Waals surface area contributed by atoms with Crippen molar-refractivity contribution in [2.75, 3.05) is 26.3 Å². The lowest BCUT2D eigenvalue weighted by Crippen LogP contribution is -2.58. The highest BCUT2D eigenvalue weighted by molar-refractivity contribution is 5.75. The van der Waals surface area contributed by atoms with Gasteiger partial charge in [0, 0.05) is 25.6 Å². The van der Waals surface area contributed by atoms with E-state index in [2.05, 4.69) is 5.32 Å². The summed E-state index contributed by atoms with van der Waals surface area (Å²) in [6, 6.07) is -0.422. The molecule has 0 saturated carbocycles. The summed E-state index contributed by atoms with van der Waals surface area (Å²) in [5.74, 6) is -0.149. The van der Waals surface area contributed by atoms with Gasteiger partial charge in [-0.15, -0.1) is 0 Å². The van der Waals surface area contributed by atoms with E-state index in [9.17, 15) is 15.0 Å². The van der Waals surface area contributed by atoms with Crippen LogP contribution in [0.15, 0.2) is 0 Å². The molecule has 0 radical (unpaired) electrons.